The number of ketones is 1. The first-order valence-electron chi connectivity index (χ1n) is 8.01. The van der Waals surface area contributed by atoms with Gasteiger partial charge in [0.25, 0.3) is 0 Å². The van der Waals surface area contributed by atoms with Gasteiger partial charge >= 0.3 is 0 Å². The van der Waals surface area contributed by atoms with Crippen molar-refractivity contribution in [2.75, 3.05) is 0 Å². The van der Waals surface area contributed by atoms with E-state index in [-0.39, 0.29) is 11.5 Å². The monoisotopic (exact) mass is 396 g/mol. The molecule has 0 amide bonds. The zero-order chi connectivity index (χ0) is 19.2. The fourth-order valence-electron chi connectivity index (χ4n) is 2.33. The molecule has 3 rings (SSSR count). The molecule has 0 aliphatic rings. The van der Waals surface area contributed by atoms with Crippen molar-refractivity contribution in [3.63, 3.8) is 0 Å². The number of aliphatic hydroxyl groups excluding tert-OH is 1. The second-order valence-corrected chi connectivity index (χ2v) is 6.40. The lowest BCUT2D eigenvalue weighted by Gasteiger charge is -2.06. The van der Waals surface area contributed by atoms with Crippen LogP contribution in [0.5, 0.6) is 0 Å². The number of rotatable bonds is 5. The lowest BCUT2D eigenvalue weighted by atomic mass is 10.1. The molecule has 6 heteroatoms. The highest BCUT2D eigenvalue weighted by Gasteiger charge is 2.18. The topological polar surface area (TPSA) is 62.0 Å². The molecule has 0 fully saturated rings. The maximum atomic E-state index is 12.9. The molecule has 134 valence electrons. The average Bonchev–Trinajstić information content (AvgIpc) is 2.71. The van der Waals surface area contributed by atoms with Crippen LogP contribution in [0.2, 0.25) is 10.0 Å². The predicted octanol–water partition coefficient (Wildman–Crippen LogP) is 6.89. The predicted molar refractivity (Wildman–Crippen MR) is 108 cm³/mol. The van der Waals surface area contributed by atoms with Crippen LogP contribution in [0.4, 0.5) is 5.69 Å². The van der Waals surface area contributed by atoms with E-state index in [9.17, 15) is 9.90 Å². The van der Waals surface area contributed by atoms with Gasteiger partial charge in [0.05, 0.1) is 5.02 Å². The Kier molecular flexibility index (Phi) is 6.01. The number of aliphatic hydroxyl groups is 1. The van der Waals surface area contributed by atoms with Gasteiger partial charge in [-0.1, -0.05) is 83.9 Å². The fraction of sp³-hybridized carbons (Fsp3) is 0. The van der Waals surface area contributed by atoms with Crippen molar-refractivity contribution in [2.24, 2.45) is 10.2 Å². The maximum absolute atomic E-state index is 12.9. The van der Waals surface area contributed by atoms with E-state index in [1.165, 1.54) is 6.07 Å². The molecule has 27 heavy (non-hydrogen) atoms. The van der Waals surface area contributed by atoms with Gasteiger partial charge in [-0.25, -0.2) is 0 Å². The molecule has 0 aliphatic carbocycles. The van der Waals surface area contributed by atoms with Crippen LogP contribution in [0.15, 0.2) is 94.8 Å². The van der Waals surface area contributed by atoms with Crippen LogP contribution in [0.1, 0.15) is 15.9 Å². The Morgan fingerprint density at radius 2 is 1.41 bits per heavy atom. The number of nitrogens with zero attached hydrogens (tertiary/aromatic N) is 2. The number of hydrogen-bond donors (Lipinski definition) is 1. The van der Waals surface area contributed by atoms with Gasteiger partial charge in [0, 0.05) is 16.1 Å². The van der Waals surface area contributed by atoms with Crippen LogP contribution in [0.3, 0.4) is 0 Å². The van der Waals surface area contributed by atoms with Crippen LogP contribution in [-0.2, 0) is 0 Å². The zero-order valence-electron chi connectivity index (χ0n) is 14.0. The maximum Gasteiger partial charge on any atom is 0.217 e. The smallest absolute Gasteiger partial charge is 0.217 e. The fourth-order valence-corrected chi connectivity index (χ4v) is 2.65. The van der Waals surface area contributed by atoms with Gasteiger partial charge in [-0.3, -0.25) is 4.79 Å². The third kappa shape index (κ3) is 4.61. The van der Waals surface area contributed by atoms with E-state index in [4.69, 9.17) is 23.2 Å². The number of carbonyl (C=O) groups is 1. The summed E-state index contributed by atoms with van der Waals surface area (Å²) in [4.78, 5) is 12.9. The quantitative estimate of drug-likeness (QED) is 0.221. The Morgan fingerprint density at radius 3 is 2.04 bits per heavy atom. The molecule has 0 saturated carbocycles. The molecule has 0 atom stereocenters. The summed E-state index contributed by atoms with van der Waals surface area (Å²) in [5.41, 5.74) is 0.936. The van der Waals surface area contributed by atoms with Crippen LogP contribution in [0, 0.1) is 0 Å². The largest absolute Gasteiger partial charge is 0.505 e. The normalized spacial score (nSPS) is 12.1. The van der Waals surface area contributed by atoms with Crippen molar-refractivity contribution in [1.82, 2.24) is 0 Å². The molecule has 0 radical (unpaired) electrons. The van der Waals surface area contributed by atoms with E-state index in [1.807, 2.05) is 6.07 Å². The third-order valence-corrected chi connectivity index (χ3v) is 4.24. The second-order valence-electron chi connectivity index (χ2n) is 5.55. The van der Waals surface area contributed by atoms with E-state index in [0.29, 0.717) is 26.9 Å². The summed E-state index contributed by atoms with van der Waals surface area (Å²) < 4.78 is 0. The molecule has 4 nitrogen and oxygen atoms in total. The summed E-state index contributed by atoms with van der Waals surface area (Å²) in [6, 6.07) is 21.9. The Morgan fingerprint density at radius 1 is 0.815 bits per heavy atom. The van der Waals surface area contributed by atoms with Gasteiger partial charge in [-0.15, -0.1) is 10.2 Å². The summed E-state index contributed by atoms with van der Waals surface area (Å²) in [6.07, 6.45) is 0. The summed E-state index contributed by atoms with van der Waals surface area (Å²) in [7, 11) is 0. The Bertz CT molecular complexity index is 1020. The highest BCUT2D eigenvalue weighted by Crippen LogP contribution is 2.30. The standard InChI is InChI=1S/C21H14Cl2N2O2/c22-16-11-12-17(23)18(13-16)24-25-19(20(26)14-7-3-1-4-8-14)21(27)15-9-5-2-6-10-15/h1-13,26H/b20-19+,25-24?. The molecule has 0 aliphatic heterocycles. The molecule has 0 saturated heterocycles. The second kappa shape index (κ2) is 8.62. The minimum atomic E-state index is -0.459. The Balaban J connectivity index is 2.09. The van der Waals surface area contributed by atoms with Gasteiger partial charge in [-0.2, -0.15) is 0 Å². The lowest BCUT2D eigenvalue weighted by molar-refractivity contribution is 0.103. The van der Waals surface area contributed by atoms with E-state index in [0.717, 1.165) is 0 Å². The summed E-state index contributed by atoms with van der Waals surface area (Å²) in [5, 5.41) is 19.5. The van der Waals surface area contributed by atoms with Gasteiger partial charge in [0.1, 0.15) is 5.69 Å². The van der Waals surface area contributed by atoms with Crippen molar-refractivity contribution < 1.29 is 9.90 Å². The van der Waals surface area contributed by atoms with Gasteiger partial charge < -0.3 is 5.11 Å². The van der Waals surface area contributed by atoms with E-state index in [1.54, 1.807) is 66.7 Å². The van der Waals surface area contributed by atoms with Crippen molar-refractivity contribution in [2.45, 2.75) is 0 Å². The molecule has 0 aromatic heterocycles. The highest BCUT2D eigenvalue weighted by molar-refractivity contribution is 6.35. The van der Waals surface area contributed by atoms with Crippen molar-refractivity contribution in [3.8, 4) is 0 Å². The third-order valence-electron chi connectivity index (χ3n) is 3.69. The van der Waals surface area contributed by atoms with Crippen LogP contribution in [0.25, 0.3) is 5.76 Å². The summed E-state index contributed by atoms with van der Waals surface area (Å²) in [6.45, 7) is 0. The first-order valence-corrected chi connectivity index (χ1v) is 8.77. The Hall–Kier alpha value is -2.95. The van der Waals surface area contributed by atoms with Crippen molar-refractivity contribution >= 4 is 40.4 Å². The van der Waals surface area contributed by atoms with Crippen LogP contribution in [-0.4, -0.2) is 10.9 Å². The molecule has 3 aromatic carbocycles. The van der Waals surface area contributed by atoms with Crippen molar-refractivity contribution in [1.29, 1.82) is 0 Å². The molecule has 0 spiro atoms. The molecular formula is C21H14Cl2N2O2. The van der Waals surface area contributed by atoms with Gasteiger partial charge in [0.2, 0.25) is 5.78 Å². The number of halogens is 2. The highest BCUT2D eigenvalue weighted by atomic mass is 35.5. The van der Waals surface area contributed by atoms with E-state index in [2.05, 4.69) is 10.2 Å². The van der Waals surface area contributed by atoms with Gasteiger partial charge in [-0.05, 0) is 18.2 Å². The minimum Gasteiger partial charge on any atom is -0.505 e. The summed E-state index contributed by atoms with van der Waals surface area (Å²) in [5.74, 6) is -0.731. The first-order chi connectivity index (χ1) is 13.1. The number of benzene rings is 3. The van der Waals surface area contributed by atoms with Crippen molar-refractivity contribution in [3.05, 3.63) is 106 Å². The number of azo groups is 1. The number of Topliss-reactive ketones (excluding diaryl/α,β-unsaturated/α-hetero) is 1. The lowest BCUT2D eigenvalue weighted by Crippen LogP contribution is -2.04. The molecule has 0 heterocycles. The average molecular weight is 397 g/mol. The van der Waals surface area contributed by atoms with Gasteiger partial charge in [0.15, 0.2) is 11.5 Å². The first kappa shape index (κ1) is 18.8. The van der Waals surface area contributed by atoms with Crippen LogP contribution >= 0.6 is 23.2 Å². The number of allylic oxidation sites excluding steroid dienone is 1. The van der Waals surface area contributed by atoms with E-state index >= 15 is 0 Å². The number of carbonyl (C=O) groups excluding carboxylic acids is 1. The van der Waals surface area contributed by atoms with Crippen LogP contribution < -0.4 is 0 Å². The molecule has 1 N–H and O–H groups in total. The molecular weight excluding hydrogens is 383 g/mol. The SMILES string of the molecule is O=C(/C(N=Nc1cc(Cl)ccc1Cl)=C(\O)c1ccccc1)c1ccccc1. The number of hydrogen-bond acceptors (Lipinski definition) is 4. The van der Waals surface area contributed by atoms with E-state index < -0.39 is 5.78 Å². The zero-order valence-corrected chi connectivity index (χ0v) is 15.5. The Labute approximate surface area is 166 Å². The molecule has 0 bridgehead atoms. The molecule has 3 aromatic rings. The minimum absolute atomic E-state index is 0.191. The molecule has 0 unspecified atom stereocenters. The summed E-state index contributed by atoms with van der Waals surface area (Å²) >= 11 is 12.1.